The van der Waals surface area contributed by atoms with Crippen molar-refractivity contribution in [2.24, 2.45) is 5.10 Å². The number of ether oxygens (including phenoxy) is 1. The Bertz CT molecular complexity index is 1100. The van der Waals surface area contributed by atoms with Gasteiger partial charge in [-0.15, -0.1) is 16.8 Å². The van der Waals surface area contributed by atoms with Gasteiger partial charge in [-0.25, -0.2) is 5.43 Å². The fourth-order valence-corrected chi connectivity index (χ4v) is 3.64. The van der Waals surface area contributed by atoms with E-state index in [2.05, 4.69) is 27.3 Å². The first-order valence-corrected chi connectivity index (χ1v) is 10.9. The minimum absolute atomic E-state index is 0.0117. The SMILES string of the molecule is C=CCn1c(COc2ccccc2)nnc1S[C@@H](C)C(=O)N/N=C/c1cc(Cl)ccc1O. The number of thioether (sulfide) groups is 1. The summed E-state index contributed by atoms with van der Waals surface area (Å²) in [6.45, 7) is 6.22. The molecule has 10 heteroatoms. The topological polar surface area (TPSA) is 102 Å². The van der Waals surface area contributed by atoms with Crippen molar-refractivity contribution < 1.29 is 14.6 Å². The zero-order chi connectivity index (χ0) is 22.9. The number of halogens is 1. The number of nitrogens with zero attached hydrogens (tertiary/aromatic N) is 4. The third-order valence-corrected chi connectivity index (χ3v) is 5.55. The van der Waals surface area contributed by atoms with Crippen LogP contribution in [0.1, 0.15) is 18.3 Å². The molecule has 32 heavy (non-hydrogen) atoms. The van der Waals surface area contributed by atoms with E-state index in [1.807, 2.05) is 34.9 Å². The lowest BCUT2D eigenvalue weighted by Gasteiger charge is -2.11. The van der Waals surface area contributed by atoms with Gasteiger partial charge >= 0.3 is 0 Å². The average molecular weight is 472 g/mol. The number of carbonyl (C=O) groups excluding carboxylic acids is 1. The van der Waals surface area contributed by atoms with E-state index in [4.69, 9.17) is 16.3 Å². The summed E-state index contributed by atoms with van der Waals surface area (Å²) < 4.78 is 7.61. The van der Waals surface area contributed by atoms with Crippen molar-refractivity contribution >= 4 is 35.5 Å². The minimum atomic E-state index is -0.504. The average Bonchev–Trinajstić information content (AvgIpc) is 3.16. The molecular formula is C22H22ClN5O3S. The molecule has 0 unspecified atom stereocenters. The number of hydrogen-bond donors (Lipinski definition) is 2. The van der Waals surface area contributed by atoms with Gasteiger partial charge in [0.25, 0.3) is 5.91 Å². The number of aromatic nitrogens is 3. The van der Waals surface area contributed by atoms with Crippen LogP contribution in [0.25, 0.3) is 0 Å². The number of allylic oxidation sites excluding steroid dienone is 1. The Morgan fingerprint density at radius 1 is 1.34 bits per heavy atom. The first-order chi connectivity index (χ1) is 15.5. The fourth-order valence-electron chi connectivity index (χ4n) is 2.59. The number of rotatable bonds is 10. The van der Waals surface area contributed by atoms with E-state index in [1.165, 1.54) is 24.0 Å². The molecule has 0 saturated carbocycles. The van der Waals surface area contributed by atoms with Crippen LogP contribution in [-0.4, -0.2) is 37.2 Å². The molecule has 166 valence electrons. The minimum Gasteiger partial charge on any atom is -0.507 e. The third-order valence-electron chi connectivity index (χ3n) is 4.24. The Morgan fingerprint density at radius 2 is 2.12 bits per heavy atom. The van der Waals surface area contributed by atoms with Crippen molar-refractivity contribution in [2.75, 3.05) is 0 Å². The van der Waals surface area contributed by atoms with E-state index in [1.54, 1.807) is 25.1 Å². The molecule has 1 amide bonds. The van der Waals surface area contributed by atoms with Crippen LogP contribution < -0.4 is 10.2 Å². The molecule has 0 aliphatic heterocycles. The maximum Gasteiger partial charge on any atom is 0.253 e. The van der Waals surface area contributed by atoms with E-state index in [0.717, 1.165) is 5.75 Å². The molecule has 8 nitrogen and oxygen atoms in total. The largest absolute Gasteiger partial charge is 0.507 e. The van der Waals surface area contributed by atoms with Crippen LogP contribution in [-0.2, 0) is 17.9 Å². The van der Waals surface area contributed by atoms with Gasteiger partial charge in [-0.05, 0) is 37.3 Å². The molecule has 0 saturated heterocycles. The number of phenols is 1. The number of phenolic OH excluding ortho intramolecular Hbond substituents is 1. The Balaban J connectivity index is 1.61. The predicted octanol–water partition coefficient (Wildman–Crippen LogP) is 4.03. The summed E-state index contributed by atoms with van der Waals surface area (Å²) in [5.41, 5.74) is 2.85. The Morgan fingerprint density at radius 3 is 2.88 bits per heavy atom. The molecule has 3 aromatic rings. The molecule has 1 aromatic heterocycles. The fraction of sp³-hybridized carbons (Fsp3) is 0.182. The van der Waals surface area contributed by atoms with E-state index in [0.29, 0.717) is 28.1 Å². The van der Waals surface area contributed by atoms with E-state index in [9.17, 15) is 9.90 Å². The highest BCUT2D eigenvalue weighted by molar-refractivity contribution is 8.00. The molecule has 0 aliphatic rings. The molecule has 1 atom stereocenters. The number of amides is 1. The van der Waals surface area contributed by atoms with Crippen molar-refractivity contribution in [2.45, 2.75) is 30.5 Å². The quantitative estimate of drug-likeness (QED) is 0.200. The molecule has 1 heterocycles. The second-order valence-corrected chi connectivity index (χ2v) is 8.34. The Hall–Kier alpha value is -3.30. The second kappa shape index (κ2) is 11.4. The van der Waals surface area contributed by atoms with E-state index >= 15 is 0 Å². The van der Waals surface area contributed by atoms with Crippen LogP contribution in [0.2, 0.25) is 5.02 Å². The molecule has 0 radical (unpaired) electrons. The highest BCUT2D eigenvalue weighted by Crippen LogP contribution is 2.23. The van der Waals surface area contributed by atoms with Crippen LogP contribution in [0.15, 0.2) is 71.4 Å². The number of aromatic hydroxyl groups is 1. The number of carbonyl (C=O) groups is 1. The number of para-hydroxylation sites is 1. The first-order valence-electron chi connectivity index (χ1n) is 9.67. The zero-order valence-electron chi connectivity index (χ0n) is 17.3. The van der Waals surface area contributed by atoms with Gasteiger partial charge in [0, 0.05) is 17.1 Å². The molecule has 0 bridgehead atoms. The van der Waals surface area contributed by atoms with E-state index < -0.39 is 5.25 Å². The van der Waals surface area contributed by atoms with Gasteiger partial charge in [-0.1, -0.05) is 47.6 Å². The highest BCUT2D eigenvalue weighted by Gasteiger charge is 2.20. The zero-order valence-corrected chi connectivity index (χ0v) is 18.9. The predicted molar refractivity (Wildman–Crippen MR) is 125 cm³/mol. The monoisotopic (exact) mass is 471 g/mol. The molecule has 0 fully saturated rings. The number of benzene rings is 2. The van der Waals surface area contributed by atoms with Crippen molar-refractivity contribution in [3.8, 4) is 11.5 Å². The summed E-state index contributed by atoms with van der Waals surface area (Å²) >= 11 is 7.15. The normalized spacial score (nSPS) is 11.9. The molecular weight excluding hydrogens is 450 g/mol. The Kier molecular flexibility index (Phi) is 8.29. The molecule has 3 rings (SSSR count). The second-order valence-electron chi connectivity index (χ2n) is 6.60. The van der Waals surface area contributed by atoms with Crippen molar-refractivity contribution in [1.82, 2.24) is 20.2 Å². The summed E-state index contributed by atoms with van der Waals surface area (Å²) in [6.07, 6.45) is 3.06. The lowest BCUT2D eigenvalue weighted by atomic mass is 10.2. The highest BCUT2D eigenvalue weighted by atomic mass is 35.5. The van der Waals surface area contributed by atoms with Crippen molar-refractivity contribution in [3.05, 3.63) is 77.6 Å². The number of hydrogen-bond acceptors (Lipinski definition) is 7. The first kappa shape index (κ1) is 23.4. The molecule has 2 aromatic carbocycles. The van der Waals surface area contributed by atoms with Crippen LogP contribution in [0.5, 0.6) is 11.5 Å². The summed E-state index contributed by atoms with van der Waals surface area (Å²) in [5, 5.41) is 22.6. The molecule has 0 spiro atoms. The van der Waals surface area contributed by atoms with Crippen LogP contribution in [0, 0.1) is 0 Å². The van der Waals surface area contributed by atoms with Gasteiger partial charge in [0.15, 0.2) is 11.0 Å². The van der Waals surface area contributed by atoms with Gasteiger partial charge in [0.1, 0.15) is 18.1 Å². The van der Waals surface area contributed by atoms with Crippen molar-refractivity contribution in [3.63, 3.8) is 0 Å². The van der Waals surface area contributed by atoms with Crippen LogP contribution in [0.4, 0.5) is 0 Å². The van der Waals surface area contributed by atoms with Crippen molar-refractivity contribution in [1.29, 1.82) is 0 Å². The van der Waals surface area contributed by atoms with Gasteiger partial charge in [0.2, 0.25) is 0 Å². The number of hydrazone groups is 1. The van der Waals surface area contributed by atoms with Crippen LogP contribution >= 0.6 is 23.4 Å². The van der Waals surface area contributed by atoms with Gasteiger partial charge in [-0.3, -0.25) is 9.36 Å². The van der Waals surface area contributed by atoms with Gasteiger partial charge in [0.05, 0.1) is 11.5 Å². The van der Waals surface area contributed by atoms with Gasteiger partial charge in [-0.2, -0.15) is 5.10 Å². The molecule has 0 aliphatic carbocycles. The lowest BCUT2D eigenvalue weighted by molar-refractivity contribution is -0.120. The standard InChI is InChI=1S/C22H22ClN5O3S/c1-3-11-28-20(14-31-18-7-5-4-6-8-18)25-27-22(28)32-15(2)21(30)26-24-13-16-12-17(23)9-10-19(16)29/h3-10,12-13,15,29H,1,11,14H2,2H3,(H,26,30)/b24-13+/t15-/m0/s1. The lowest BCUT2D eigenvalue weighted by Crippen LogP contribution is -2.27. The smallest absolute Gasteiger partial charge is 0.253 e. The summed E-state index contributed by atoms with van der Waals surface area (Å²) in [5.74, 6) is 1.03. The maximum absolute atomic E-state index is 12.4. The summed E-state index contributed by atoms with van der Waals surface area (Å²) in [7, 11) is 0. The summed E-state index contributed by atoms with van der Waals surface area (Å²) in [6, 6.07) is 14.0. The Labute approximate surface area is 195 Å². The molecule has 2 N–H and O–H groups in total. The number of nitrogens with one attached hydrogen (secondary N) is 1. The van der Waals surface area contributed by atoms with Crippen LogP contribution in [0.3, 0.4) is 0 Å². The maximum atomic E-state index is 12.4. The van der Waals surface area contributed by atoms with E-state index in [-0.39, 0.29) is 18.3 Å². The van der Waals surface area contributed by atoms with Gasteiger partial charge < -0.3 is 9.84 Å². The summed E-state index contributed by atoms with van der Waals surface area (Å²) in [4.78, 5) is 12.4. The third kappa shape index (κ3) is 6.35.